The number of hydrogen-bond donors (Lipinski definition) is 1. The van der Waals surface area contributed by atoms with E-state index in [9.17, 15) is 9.59 Å². The van der Waals surface area contributed by atoms with Crippen molar-refractivity contribution in [1.29, 1.82) is 0 Å². The maximum absolute atomic E-state index is 11.2. The summed E-state index contributed by atoms with van der Waals surface area (Å²) in [5, 5.41) is 2.49. The molecule has 13 heavy (non-hydrogen) atoms. The van der Waals surface area contributed by atoms with Gasteiger partial charge in [-0.3, -0.25) is 9.59 Å². The van der Waals surface area contributed by atoms with Crippen molar-refractivity contribution >= 4 is 11.8 Å². The van der Waals surface area contributed by atoms with Crippen molar-refractivity contribution < 1.29 is 14.3 Å². The Kier molecular flexibility index (Phi) is 3.70. The van der Waals surface area contributed by atoms with Crippen molar-refractivity contribution in [1.82, 2.24) is 10.2 Å². The Bertz CT molecular complexity index is 206. The van der Waals surface area contributed by atoms with Gasteiger partial charge in [-0.15, -0.1) is 0 Å². The number of amides is 2. The van der Waals surface area contributed by atoms with Gasteiger partial charge in [0.05, 0.1) is 0 Å². The SMILES string of the molecule is COCCCN1CCNC(=O)C1=O. The molecule has 0 bridgehead atoms. The summed E-state index contributed by atoms with van der Waals surface area (Å²) in [4.78, 5) is 23.6. The molecule has 2 amide bonds. The highest BCUT2D eigenvalue weighted by molar-refractivity contribution is 6.35. The molecule has 74 valence electrons. The highest BCUT2D eigenvalue weighted by atomic mass is 16.5. The number of hydrogen-bond acceptors (Lipinski definition) is 3. The molecule has 0 aliphatic carbocycles. The van der Waals surface area contributed by atoms with Crippen molar-refractivity contribution in [2.24, 2.45) is 0 Å². The van der Waals surface area contributed by atoms with Crippen LogP contribution in [0.3, 0.4) is 0 Å². The predicted molar refractivity (Wildman–Crippen MR) is 46.1 cm³/mol. The lowest BCUT2D eigenvalue weighted by atomic mass is 10.3. The second-order valence-electron chi connectivity index (χ2n) is 2.89. The Hall–Kier alpha value is -1.10. The first-order valence-corrected chi connectivity index (χ1v) is 4.31. The zero-order valence-corrected chi connectivity index (χ0v) is 7.71. The summed E-state index contributed by atoms with van der Waals surface area (Å²) in [6.45, 7) is 2.37. The summed E-state index contributed by atoms with van der Waals surface area (Å²) in [7, 11) is 1.62. The van der Waals surface area contributed by atoms with Crippen LogP contribution in [0.2, 0.25) is 0 Å². The topological polar surface area (TPSA) is 58.6 Å². The van der Waals surface area contributed by atoms with Gasteiger partial charge in [0.25, 0.3) is 0 Å². The first kappa shape index (κ1) is 9.98. The molecule has 0 aromatic rings. The lowest BCUT2D eigenvalue weighted by molar-refractivity contribution is -0.148. The number of methoxy groups -OCH3 is 1. The third-order valence-electron chi connectivity index (χ3n) is 1.93. The number of carbonyl (C=O) groups excluding carboxylic acids is 2. The Morgan fingerprint density at radius 1 is 1.54 bits per heavy atom. The van der Waals surface area contributed by atoms with Gasteiger partial charge in [0.2, 0.25) is 0 Å². The molecule has 0 aromatic heterocycles. The van der Waals surface area contributed by atoms with E-state index >= 15 is 0 Å². The van der Waals surface area contributed by atoms with Crippen LogP contribution in [0.15, 0.2) is 0 Å². The zero-order chi connectivity index (χ0) is 9.68. The van der Waals surface area contributed by atoms with Crippen LogP contribution < -0.4 is 5.32 Å². The van der Waals surface area contributed by atoms with Gasteiger partial charge in [0.1, 0.15) is 0 Å². The highest BCUT2D eigenvalue weighted by Crippen LogP contribution is 1.97. The van der Waals surface area contributed by atoms with Crippen LogP contribution in [0, 0.1) is 0 Å². The number of ether oxygens (including phenoxy) is 1. The van der Waals surface area contributed by atoms with Crippen molar-refractivity contribution in [3.63, 3.8) is 0 Å². The Morgan fingerprint density at radius 3 is 3.00 bits per heavy atom. The molecule has 0 atom stereocenters. The normalized spacial score (nSPS) is 17.5. The van der Waals surface area contributed by atoms with Crippen LogP contribution in [-0.4, -0.2) is 50.1 Å². The second-order valence-corrected chi connectivity index (χ2v) is 2.89. The predicted octanol–water partition coefficient (Wildman–Crippen LogP) is -1.02. The van der Waals surface area contributed by atoms with E-state index in [0.717, 1.165) is 6.42 Å². The standard InChI is InChI=1S/C8H14N2O3/c1-13-6-2-4-10-5-3-9-7(11)8(10)12/h2-6H2,1H3,(H,9,11). The summed E-state index contributed by atoms with van der Waals surface area (Å²) >= 11 is 0. The van der Waals surface area contributed by atoms with Crippen LogP contribution in [-0.2, 0) is 14.3 Å². The third kappa shape index (κ3) is 2.69. The van der Waals surface area contributed by atoms with E-state index in [0.29, 0.717) is 26.2 Å². The highest BCUT2D eigenvalue weighted by Gasteiger charge is 2.24. The van der Waals surface area contributed by atoms with Gasteiger partial charge in [-0.2, -0.15) is 0 Å². The monoisotopic (exact) mass is 186 g/mol. The molecule has 0 saturated carbocycles. The molecular weight excluding hydrogens is 172 g/mol. The van der Waals surface area contributed by atoms with Crippen LogP contribution in [0.4, 0.5) is 0 Å². The minimum absolute atomic E-state index is 0.428. The molecule has 1 N–H and O–H groups in total. The van der Waals surface area contributed by atoms with Gasteiger partial charge in [0, 0.05) is 33.4 Å². The number of nitrogens with one attached hydrogen (secondary N) is 1. The van der Waals surface area contributed by atoms with Gasteiger partial charge >= 0.3 is 11.8 Å². The minimum atomic E-state index is -0.497. The molecule has 1 rings (SSSR count). The fraction of sp³-hybridized carbons (Fsp3) is 0.750. The second kappa shape index (κ2) is 4.81. The van der Waals surface area contributed by atoms with E-state index in [1.54, 1.807) is 12.0 Å². The molecule has 1 fully saturated rings. The van der Waals surface area contributed by atoms with Gasteiger partial charge in [-0.25, -0.2) is 0 Å². The van der Waals surface area contributed by atoms with E-state index in [1.165, 1.54) is 0 Å². The lowest BCUT2D eigenvalue weighted by Gasteiger charge is -2.26. The molecule has 1 heterocycles. The van der Waals surface area contributed by atoms with E-state index < -0.39 is 11.8 Å². The summed E-state index contributed by atoms with van der Waals surface area (Å²) in [5.41, 5.74) is 0. The number of carbonyl (C=O) groups is 2. The van der Waals surface area contributed by atoms with Crippen molar-refractivity contribution in [3.8, 4) is 0 Å². The molecule has 0 spiro atoms. The zero-order valence-electron chi connectivity index (χ0n) is 7.71. The maximum atomic E-state index is 11.2. The summed E-state index contributed by atoms with van der Waals surface area (Å²) in [6, 6.07) is 0. The van der Waals surface area contributed by atoms with Gasteiger partial charge in [-0.1, -0.05) is 0 Å². The van der Waals surface area contributed by atoms with Crippen molar-refractivity contribution in [2.45, 2.75) is 6.42 Å². The average Bonchev–Trinajstić information content (AvgIpc) is 2.13. The smallest absolute Gasteiger partial charge is 0.311 e. The van der Waals surface area contributed by atoms with Crippen molar-refractivity contribution in [3.05, 3.63) is 0 Å². The van der Waals surface area contributed by atoms with Crippen molar-refractivity contribution in [2.75, 3.05) is 33.4 Å². The number of nitrogens with zero attached hydrogens (tertiary/aromatic N) is 1. The molecule has 1 saturated heterocycles. The van der Waals surface area contributed by atoms with E-state index in [2.05, 4.69) is 5.32 Å². The Balaban J connectivity index is 2.31. The van der Waals surface area contributed by atoms with E-state index in [4.69, 9.17) is 4.74 Å². The molecule has 0 radical (unpaired) electrons. The minimum Gasteiger partial charge on any atom is -0.385 e. The van der Waals surface area contributed by atoms with E-state index in [-0.39, 0.29) is 0 Å². The first-order chi connectivity index (χ1) is 6.25. The fourth-order valence-corrected chi connectivity index (χ4v) is 1.24. The molecule has 0 aromatic carbocycles. The molecule has 1 aliphatic rings. The summed E-state index contributed by atoms with van der Waals surface area (Å²) in [6.07, 6.45) is 0.773. The first-order valence-electron chi connectivity index (χ1n) is 4.31. The average molecular weight is 186 g/mol. The quantitative estimate of drug-likeness (QED) is 0.451. The van der Waals surface area contributed by atoms with Gasteiger partial charge in [0.15, 0.2) is 0 Å². The maximum Gasteiger partial charge on any atom is 0.311 e. The van der Waals surface area contributed by atoms with Crippen LogP contribution in [0.5, 0.6) is 0 Å². The largest absolute Gasteiger partial charge is 0.385 e. The molecule has 5 heteroatoms. The van der Waals surface area contributed by atoms with Gasteiger partial charge < -0.3 is 15.0 Å². The lowest BCUT2D eigenvalue weighted by Crippen LogP contribution is -2.52. The van der Waals surface area contributed by atoms with Crippen LogP contribution >= 0.6 is 0 Å². The summed E-state index contributed by atoms with van der Waals surface area (Å²) in [5.74, 6) is -0.925. The molecule has 1 aliphatic heterocycles. The molecule has 5 nitrogen and oxygen atoms in total. The third-order valence-corrected chi connectivity index (χ3v) is 1.93. The molecular formula is C8H14N2O3. The number of piperazine rings is 1. The van der Waals surface area contributed by atoms with Crippen LogP contribution in [0.1, 0.15) is 6.42 Å². The molecule has 0 unspecified atom stereocenters. The Morgan fingerprint density at radius 2 is 2.31 bits per heavy atom. The fourth-order valence-electron chi connectivity index (χ4n) is 1.24. The number of rotatable bonds is 4. The van der Waals surface area contributed by atoms with Gasteiger partial charge in [-0.05, 0) is 6.42 Å². The summed E-state index contributed by atoms with van der Waals surface area (Å²) < 4.78 is 4.86. The van der Waals surface area contributed by atoms with Crippen LogP contribution in [0.25, 0.3) is 0 Å². The Labute approximate surface area is 77.0 Å². The van der Waals surface area contributed by atoms with E-state index in [1.807, 2.05) is 0 Å².